The normalized spacial score (nSPS) is 7.46. The molecule has 0 aromatic carbocycles. The summed E-state index contributed by atoms with van der Waals surface area (Å²) >= 11 is 0. The van der Waals surface area contributed by atoms with Crippen LogP contribution in [0.5, 0.6) is 0 Å². The topological polar surface area (TPSA) is 185 Å². The van der Waals surface area contributed by atoms with Crippen LogP contribution in [-0.2, 0) is 33.4 Å². The van der Waals surface area contributed by atoms with Crippen LogP contribution in [0.2, 0.25) is 0 Å². The molecule has 0 saturated carbocycles. The molecule has 0 radical (unpaired) electrons. The van der Waals surface area contributed by atoms with Crippen molar-refractivity contribution < 1.29 is 73.2 Å². The molecule has 0 rings (SSSR count). The van der Waals surface area contributed by atoms with Gasteiger partial charge in [-0.3, -0.25) is 9.59 Å². The van der Waals surface area contributed by atoms with Crippen LogP contribution in [0.15, 0.2) is 62.3 Å². The van der Waals surface area contributed by atoms with E-state index in [2.05, 4.69) is 47.7 Å². The molecule has 0 aromatic heterocycles. The molecule has 0 aliphatic heterocycles. The Kier molecular flexibility index (Phi) is 46.3. The van der Waals surface area contributed by atoms with Crippen molar-refractivity contribution in [1.29, 1.82) is 0 Å². The Labute approximate surface area is 229 Å². The number of carboxylic acids is 1. The molecule has 194 valence electrons. The van der Waals surface area contributed by atoms with Crippen molar-refractivity contribution in [1.82, 2.24) is 5.32 Å². The third-order valence-electron chi connectivity index (χ3n) is 2.47. The number of aliphatic hydroxyl groups is 1. The first-order valence-corrected chi connectivity index (χ1v) is 9.54. The summed E-state index contributed by atoms with van der Waals surface area (Å²) in [5, 5.41) is 19.2. The van der Waals surface area contributed by atoms with Gasteiger partial charge in [0.25, 0.3) is 0 Å². The monoisotopic (exact) mass is 508 g/mol. The van der Waals surface area contributed by atoms with Crippen LogP contribution in [0.1, 0.15) is 33.6 Å². The molecule has 2 amide bonds. The second kappa shape index (κ2) is 35.6. The summed E-state index contributed by atoms with van der Waals surface area (Å²) < 4.78 is 8.95. The van der Waals surface area contributed by atoms with Crippen LogP contribution in [0, 0.1) is 0 Å². The number of nitrogens with one attached hydrogen (secondary N) is 1. The van der Waals surface area contributed by atoms with Gasteiger partial charge in [0.05, 0.1) is 19.7 Å². The molecule has 35 heavy (non-hydrogen) atoms. The van der Waals surface area contributed by atoms with Crippen molar-refractivity contribution in [2.24, 2.45) is 5.73 Å². The number of hydrogen-bond donors (Lipinski definition) is 3. The van der Waals surface area contributed by atoms with Gasteiger partial charge in [-0.2, -0.15) is 0 Å². The number of rotatable bonds is 9. The molecule has 0 fully saturated rings. The summed E-state index contributed by atoms with van der Waals surface area (Å²) in [6.07, 6.45) is 4.97. The number of unbranched alkanes of at least 4 members (excludes halogenated alkanes) is 1. The summed E-state index contributed by atoms with van der Waals surface area (Å²) in [6.45, 7) is 21.4. The van der Waals surface area contributed by atoms with E-state index in [1.807, 2.05) is 6.92 Å². The average Bonchev–Trinajstić information content (AvgIpc) is 2.80. The maximum Gasteiger partial charge on any atom is 1.00 e. The molecule has 0 spiro atoms. The fourth-order valence-corrected chi connectivity index (χ4v) is 0.700. The van der Waals surface area contributed by atoms with Gasteiger partial charge in [-0.15, -0.1) is 0 Å². The molecule has 0 aliphatic rings. The second-order valence-corrected chi connectivity index (χ2v) is 5.57. The first-order valence-electron chi connectivity index (χ1n) is 9.54. The van der Waals surface area contributed by atoms with E-state index in [0.717, 1.165) is 25.0 Å². The van der Waals surface area contributed by atoms with E-state index in [1.54, 1.807) is 13.8 Å². The summed E-state index contributed by atoms with van der Waals surface area (Å²) in [5.41, 5.74) is 5.53. The van der Waals surface area contributed by atoms with Gasteiger partial charge in [0.2, 0.25) is 11.8 Å². The molecule has 0 bridgehead atoms. The first kappa shape index (κ1) is 45.5. The third-order valence-corrected chi connectivity index (χ3v) is 2.47. The zero-order valence-corrected chi connectivity index (χ0v) is 23.4. The van der Waals surface area contributed by atoms with Crippen LogP contribution in [0.25, 0.3) is 0 Å². The van der Waals surface area contributed by atoms with Crippen LogP contribution in [0.3, 0.4) is 0 Å². The van der Waals surface area contributed by atoms with Crippen molar-refractivity contribution in [3.63, 3.8) is 0 Å². The zero-order valence-electron chi connectivity index (χ0n) is 21.4. The SMILES string of the molecule is C=C(C)C(=O)OC.C=C(C)C(N)=O.C=CC(=O)NCO.C=CC(=O)OCCCC.C=CC(=O)[O-].[Na+]. The second-order valence-electron chi connectivity index (χ2n) is 5.57. The van der Waals surface area contributed by atoms with E-state index in [0.29, 0.717) is 17.8 Å². The van der Waals surface area contributed by atoms with Gasteiger partial charge in [-0.05, 0) is 32.4 Å². The molecular weight excluding hydrogens is 471 g/mol. The van der Waals surface area contributed by atoms with E-state index in [9.17, 15) is 19.2 Å². The number of hydrogen-bond acceptors (Lipinski definition) is 9. The number of methoxy groups -OCH3 is 1. The van der Waals surface area contributed by atoms with E-state index in [4.69, 9.17) is 20.7 Å². The number of esters is 2. The Balaban J connectivity index is -0.0000000755. The van der Waals surface area contributed by atoms with E-state index < -0.39 is 11.9 Å². The Morgan fingerprint density at radius 1 is 1.00 bits per heavy atom. The van der Waals surface area contributed by atoms with Gasteiger partial charge < -0.3 is 35.5 Å². The summed E-state index contributed by atoms with van der Waals surface area (Å²) in [7, 11) is 1.33. The fourth-order valence-electron chi connectivity index (χ4n) is 0.700. The standard InChI is InChI=1S/C7H12O2.C5H8O2.C4H7NO2.C4H7NO.C3H4O2.Na/c1-3-5-6-9-7(8)4-2;1-4(2)5(6)7-3;1-2-4(7)5-3-6;1-3(2)4(5)6;1-2-3(4)5;/h4H,2-3,5-6H2,1H3;1H2,2-3H3;2,6H,1,3H2,(H,5,7);1H2,2H3,(H2,5,6);2H,1H2,(H,4,5);/q;;;;;+1/p-1. The van der Waals surface area contributed by atoms with E-state index >= 15 is 0 Å². The fraction of sp³-hybridized carbons (Fsp3) is 0.348. The van der Waals surface area contributed by atoms with Gasteiger partial charge in [-0.1, -0.05) is 46.2 Å². The zero-order chi connectivity index (χ0) is 28.1. The Bertz CT molecular complexity index is 676. The van der Waals surface area contributed by atoms with Crippen molar-refractivity contribution in [2.45, 2.75) is 33.6 Å². The first-order chi connectivity index (χ1) is 15.7. The van der Waals surface area contributed by atoms with Crippen LogP contribution < -0.4 is 45.7 Å². The number of ether oxygens (including phenoxy) is 2. The van der Waals surface area contributed by atoms with Crippen molar-refractivity contribution >= 4 is 29.7 Å². The predicted octanol–water partition coefficient (Wildman–Crippen LogP) is -2.54. The van der Waals surface area contributed by atoms with Crippen LogP contribution in [-0.4, -0.2) is 55.3 Å². The molecule has 12 heteroatoms. The molecule has 11 nitrogen and oxygen atoms in total. The minimum Gasteiger partial charge on any atom is -0.545 e. The molecule has 0 saturated heterocycles. The molecule has 0 aliphatic carbocycles. The van der Waals surface area contributed by atoms with Gasteiger partial charge in [0.1, 0.15) is 6.73 Å². The summed E-state index contributed by atoms with van der Waals surface area (Å²) in [4.78, 5) is 49.5. The minimum atomic E-state index is -1.23. The molecular formula is C23H37N2NaO9. The molecule has 0 heterocycles. The quantitative estimate of drug-likeness (QED) is 0.0992. The number of nitrogens with two attached hydrogens (primary N) is 1. The molecule has 0 unspecified atom stereocenters. The number of carboxylic acid groups (broad SMARTS) is 1. The number of amides is 2. The molecule has 0 aromatic rings. The van der Waals surface area contributed by atoms with Crippen LogP contribution in [0.4, 0.5) is 0 Å². The number of primary amides is 1. The summed E-state index contributed by atoms with van der Waals surface area (Å²) in [6, 6.07) is 0. The number of carbonyl (C=O) groups is 5. The number of aliphatic carboxylic acids is 1. The van der Waals surface area contributed by atoms with Crippen LogP contribution >= 0.6 is 0 Å². The van der Waals surface area contributed by atoms with Gasteiger partial charge >= 0.3 is 41.5 Å². The summed E-state index contributed by atoms with van der Waals surface area (Å²) in [5.74, 6) is -2.70. The minimum absolute atomic E-state index is 0. The number of carbonyl (C=O) groups excluding carboxylic acids is 5. The van der Waals surface area contributed by atoms with Gasteiger partial charge in [0, 0.05) is 17.2 Å². The average molecular weight is 509 g/mol. The largest absolute Gasteiger partial charge is 1.00 e. The van der Waals surface area contributed by atoms with Crippen molar-refractivity contribution in [2.75, 3.05) is 20.4 Å². The third kappa shape index (κ3) is 59.1. The Hall–Kier alpha value is -2.99. The molecule has 4 N–H and O–H groups in total. The predicted molar refractivity (Wildman–Crippen MR) is 128 cm³/mol. The maximum absolute atomic E-state index is 10.3. The maximum atomic E-state index is 10.3. The van der Waals surface area contributed by atoms with Crippen molar-refractivity contribution in [3.05, 3.63) is 62.3 Å². The molecule has 0 atom stereocenters. The van der Waals surface area contributed by atoms with Gasteiger partial charge in [-0.25, -0.2) is 9.59 Å². The smallest absolute Gasteiger partial charge is 0.545 e. The Morgan fingerprint density at radius 3 is 1.57 bits per heavy atom. The van der Waals surface area contributed by atoms with Gasteiger partial charge in [0.15, 0.2) is 0 Å². The number of aliphatic hydroxyl groups excluding tert-OH is 1. The van der Waals surface area contributed by atoms with E-state index in [1.165, 1.54) is 13.2 Å². The van der Waals surface area contributed by atoms with Crippen molar-refractivity contribution in [3.8, 4) is 0 Å². The van der Waals surface area contributed by atoms with E-state index in [-0.39, 0.29) is 54.1 Å². The Morgan fingerprint density at radius 2 is 1.43 bits per heavy atom.